The fourth-order valence-corrected chi connectivity index (χ4v) is 7.38. The summed E-state index contributed by atoms with van der Waals surface area (Å²) in [6, 6.07) is 3.55. The van der Waals surface area contributed by atoms with E-state index < -0.39 is 51.9 Å². The lowest BCUT2D eigenvalue weighted by molar-refractivity contribution is -0.218. The van der Waals surface area contributed by atoms with Gasteiger partial charge >= 0.3 is 18.1 Å². The summed E-state index contributed by atoms with van der Waals surface area (Å²) in [4.78, 5) is 25.0. The highest BCUT2D eigenvalue weighted by Gasteiger charge is 2.48. The molecular formula is C16H14F3I3O7S. The van der Waals surface area contributed by atoms with Crippen LogP contribution in [0.3, 0.4) is 0 Å². The van der Waals surface area contributed by atoms with E-state index in [0.29, 0.717) is 19.3 Å². The number of rotatable bonds is 6. The molecule has 1 aliphatic rings. The Balaban J connectivity index is 2.16. The number of halogens is 6. The van der Waals surface area contributed by atoms with Crippen LogP contribution in [-0.2, 0) is 24.4 Å². The molecule has 1 N–H and O–H groups in total. The van der Waals surface area contributed by atoms with E-state index in [2.05, 4.69) is 27.3 Å². The minimum Gasteiger partial charge on any atom is -0.451 e. The lowest BCUT2D eigenvalue weighted by Gasteiger charge is -2.23. The van der Waals surface area contributed by atoms with Gasteiger partial charge in [0.05, 0.1) is 19.0 Å². The van der Waals surface area contributed by atoms with Crippen LogP contribution in [0.4, 0.5) is 13.2 Å². The predicted molar refractivity (Wildman–Crippen MR) is 123 cm³/mol. The second-order valence-electron chi connectivity index (χ2n) is 6.48. The van der Waals surface area contributed by atoms with Crippen molar-refractivity contribution in [3.8, 4) is 5.75 Å². The van der Waals surface area contributed by atoms with Crippen LogP contribution in [0.25, 0.3) is 0 Å². The van der Waals surface area contributed by atoms with E-state index in [9.17, 15) is 31.2 Å². The molecule has 1 aliphatic carbocycles. The summed E-state index contributed by atoms with van der Waals surface area (Å²) in [6.45, 7) is 0. The molecule has 0 amide bonds. The number of ether oxygens (including phenoxy) is 2. The molecule has 0 radical (unpaired) electrons. The van der Waals surface area contributed by atoms with E-state index in [-0.39, 0.29) is 12.8 Å². The molecule has 168 valence electrons. The average molecular weight is 788 g/mol. The lowest BCUT2D eigenvalue weighted by Crippen LogP contribution is -2.42. The van der Waals surface area contributed by atoms with Gasteiger partial charge in [0.1, 0.15) is 5.75 Å². The first-order valence-electron chi connectivity index (χ1n) is 8.27. The first-order chi connectivity index (χ1) is 13.7. The Morgan fingerprint density at radius 3 is 2.07 bits per heavy atom. The fourth-order valence-electron chi connectivity index (χ4n) is 2.94. The number of hydrogen-bond acceptors (Lipinski definition) is 6. The molecule has 0 saturated heterocycles. The van der Waals surface area contributed by atoms with Gasteiger partial charge in [-0.2, -0.15) is 21.6 Å². The van der Waals surface area contributed by atoms with Crippen molar-refractivity contribution in [2.45, 2.75) is 31.5 Å². The standard InChI is InChI=1S/C16H14F3I3O7S/c17-16(18,19)12(6-30(25,26)27)28-14(23)8-2-1-3-9(8)15(24)29-13-10(21)4-7(20)5-11(13)22/h4-5,8-9,12H,1-3,6H2,(H,25,26,27). The predicted octanol–water partition coefficient (Wildman–Crippen LogP) is 4.18. The van der Waals surface area contributed by atoms with Crippen LogP contribution in [-0.4, -0.2) is 42.9 Å². The third kappa shape index (κ3) is 7.29. The van der Waals surface area contributed by atoms with Crippen LogP contribution >= 0.6 is 67.8 Å². The van der Waals surface area contributed by atoms with Crippen LogP contribution in [0.15, 0.2) is 12.1 Å². The molecule has 3 unspecified atom stereocenters. The highest BCUT2D eigenvalue weighted by atomic mass is 127. The highest BCUT2D eigenvalue weighted by molar-refractivity contribution is 14.1. The minimum atomic E-state index is -5.20. The monoisotopic (exact) mass is 788 g/mol. The van der Waals surface area contributed by atoms with E-state index in [1.54, 1.807) is 12.1 Å². The van der Waals surface area contributed by atoms with Gasteiger partial charge in [-0.15, -0.1) is 0 Å². The number of carbonyl (C=O) groups excluding carboxylic acids is 2. The summed E-state index contributed by atoms with van der Waals surface area (Å²) >= 11 is 6.05. The molecule has 1 saturated carbocycles. The average Bonchev–Trinajstić information content (AvgIpc) is 3.05. The number of carbonyl (C=O) groups is 2. The minimum absolute atomic E-state index is 0.0932. The Morgan fingerprint density at radius 1 is 1.10 bits per heavy atom. The fraction of sp³-hybridized carbons (Fsp3) is 0.500. The first kappa shape index (κ1) is 26.3. The van der Waals surface area contributed by atoms with E-state index in [1.165, 1.54) is 0 Å². The second kappa shape index (κ2) is 10.3. The Morgan fingerprint density at radius 2 is 1.60 bits per heavy atom. The van der Waals surface area contributed by atoms with Crippen molar-refractivity contribution >= 4 is 89.8 Å². The van der Waals surface area contributed by atoms with Gasteiger partial charge in [-0.05, 0) is 92.7 Å². The normalized spacial score (nSPS) is 20.6. The molecule has 2 rings (SSSR count). The van der Waals surface area contributed by atoms with Crippen LogP contribution in [0.5, 0.6) is 5.75 Å². The number of alkyl halides is 3. The van der Waals surface area contributed by atoms with Crippen molar-refractivity contribution in [2.75, 3.05) is 5.75 Å². The number of esters is 2. The van der Waals surface area contributed by atoms with E-state index in [0.717, 1.165) is 3.57 Å². The summed E-state index contributed by atoms with van der Waals surface area (Å²) < 4.78 is 81.4. The molecule has 14 heteroatoms. The van der Waals surface area contributed by atoms with Gasteiger partial charge in [0.15, 0.2) is 5.75 Å². The van der Waals surface area contributed by atoms with Crippen LogP contribution < -0.4 is 4.74 Å². The molecule has 1 aromatic carbocycles. The summed E-state index contributed by atoms with van der Waals surface area (Å²) in [6.07, 6.45) is -7.54. The number of hydrogen-bond donors (Lipinski definition) is 1. The van der Waals surface area contributed by atoms with Crippen molar-refractivity contribution in [1.82, 2.24) is 0 Å². The maximum Gasteiger partial charge on any atom is 0.426 e. The lowest BCUT2D eigenvalue weighted by atomic mass is 9.96. The van der Waals surface area contributed by atoms with Gasteiger partial charge in [-0.25, -0.2) is 0 Å². The van der Waals surface area contributed by atoms with Crippen molar-refractivity contribution in [2.24, 2.45) is 11.8 Å². The Labute approximate surface area is 211 Å². The second-order valence-corrected chi connectivity index (χ2v) is 11.5. The molecule has 3 atom stereocenters. The van der Waals surface area contributed by atoms with Crippen LogP contribution in [0, 0.1) is 22.5 Å². The van der Waals surface area contributed by atoms with Gasteiger partial charge in [0.2, 0.25) is 6.10 Å². The van der Waals surface area contributed by atoms with Gasteiger partial charge in [0.25, 0.3) is 10.1 Å². The Kier molecular flexibility index (Phi) is 9.05. The number of benzene rings is 1. The summed E-state index contributed by atoms with van der Waals surface area (Å²) in [5, 5.41) is 0. The molecule has 7 nitrogen and oxygen atoms in total. The molecular weight excluding hydrogens is 774 g/mol. The quantitative estimate of drug-likeness (QED) is 0.200. The van der Waals surface area contributed by atoms with Gasteiger partial charge in [-0.3, -0.25) is 14.1 Å². The Bertz CT molecular complexity index is 913. The summed E-state index contributed by atoms with van der Waals surface area (Å²) in [7, 11) is -5.05. The zero-order chi connectivity index (χ0) is 22.9. The smallest absolute Gasteiger partial charge is 0.426 e. The van der Waals surface area contributed by atoms with Crippen molar-refractivity contribution in [1.29, 1.82) is 0 Å². The van der Waals surface area contributed by atoms with E-state index in [1.807, 2.05) is 45.2 Å². The molecule has 0 aliphatic heterocycles. The third-order valence-electron chi connectivity index (χ3n) is 4.27. The van der Waals surface area contributed by atoms with Crippen molar-refractivity contribution in [3.05, 3.63) is 22.8 Å². The van der Waals surface area contributed by atoms with Gasteiger partial charge in [-0.1, -0.05) is 6.42 Å². The van der Waals surface area contributed by atoms with Gasteiger partial charge in [0, 0.05) is 3.57 Å². The molecule has 0 spiro atoms. The topological polar surface area (TPSA) is 107 Å². The maximum absolute atomic E-state index is 13.0. The molecule has 30 heavy (non-hydrogen) atoms. The maximum atomic E-state index is 13.0. The van der Waals surface area contributed by atoms with Gasteiger partial charge < -0.3 is 9.47 Å². The largest absolute Gasteiger partial charge is 0.451 e. The molecule has 1 fully saturated rings. The highest BCUT2D eigenvalue weighted by Crippen LogP contribution is 2.37. The van der Waals surface area contributed by atoms with Crippen molar-refractivity contribution in [3.63, 3.8) is 0 Å². The zero-order valence-corrected chi connectivity index (χ0v) is 22.1. The zero-order valence-electron chi connectivity index (χ0n) is 14.8. The van der Waals surface area contributed by atoms with Crippen LogP contribution in [0.1, 0.15) is 19.3 Å². The molecule has 1 aromatic rings. The van der Waals surface area contributed by atoms with E-state index in [4.69, 9.17) is 9.29 Å². The van der Waals surface area contributed by atoms with Crippen molar-refractivity contribution < 1.29 is 45.2 Å². The Hall–Kier alpha value is 0.0500. The SMILES string of the molecule is O=C(Oc1c(I)cc(I)cc1I)C1CCCC1C(=O)OC(CS(=O)(=O)O)C(F)(F)F. The molecule has 0 heterocycles. The molecule has 0 aromatic heterocycles. The third-order valence-corrected chi connectivity index (χ3v) is 7.22. The first-order valence-corrected chi connectivity index (χ1v) is 13.1. The van der Waals surface area contributed by atoms with E-state index >= 15 is 0 Å². The summed E-state index contributed by atoms with van der Waals surface area (Å²) in [5.74, 6) is -5.88. The van der Waals surface area contributed by atoms with Crippen LogP contribution in [0.2, 0.25) is 0 Å². The molecule has 0 bridgehead atoms. The summed E-state index contributed by atoms with van der Waals surface area (Å²) in [5.41, 5.74) is 0.